The van der Waals surface area contributed by atoms with Crippen LogP contribution in [0.4, 0.5) is 0 Å². The molecule has 1 N–H and O–H groups in total. The van der Waals surface area contributed by atoms with Gasteiger partial charge in [-0.3, -0.25) is 4.79 Å². The van der Waals surface area contributed by atoms with Crippen LogP contribution in [0.2, 0.25) is 0 Å². The number of benzene rings is 1. The molecule has 0 bridgehead atoms. The molecule has 1 aromatic rings. The first-order chi connectivity index (χ1) is 9.86. The van der Waals surface area contributed by atoms with Crippen LogP contribution in [0.1, 0.15) is 31.2 Å². The highest BCUT2D eigenvalue weighted by Crippen LogP contribution is 2.28. The number of hydrogen-bond acceptors (Lipinski definition) is 4. The van der Waals surface area contributed by atoms with Gasteiger partial charge in [0.15, 0.2) is 6.61 Å². The first-order valence-electron chi connectivity index (χ1n) is 6.84. The highest BCUT2D eigenvalue weighted by atomic mass is 35.7. The summed E-state index contributed by atoms with van der Waals surface area (Å²) >= 11 is 0. The number of hydrogen-bond donors (Lipinski definition) is 1. The van der Waals surface area contributed by atoms with Crippen LogP contribution < -0.4 is 10.1 Å². The second kappa shape index (κ2) is 6.66. The highest BCUT2D eigenvalue weighted by molar-refractivity contribution is 8.13. The van der Waals surface area contributed by atoms with Crippen molar-refractivity contribution in [1.82, 2.24) is 5.32 Å². The van der Waals surface area contributed by atoms with E-state index in [-0.39, 0.29) is 29.2 Å². The van der Waals surface area contributed by atoms with Gasteiger partial charge in [-0.05, 0) is 37.5 Å². The predicted octanol–water partition coefficient (Wildman–Crippen LogP) is 2.36. The van der Waals surface area contributed by atoms with Crippen LogP contribution in [0.15, 0.2) is 23.1 Å². The van der Waals surface area contributed by atoms with Gasteiger partial charge in [-0.15, -0.1) is 0 Å². The number of aryl methyl sites for hydroxylation is 1. The molecule has 21 heavy (non-hydrogen) atoms. The average molecular weight is 332 g/mol. The van der Waals surface area contributed by atoms with E-state index in [1.54, 1.807) is 13.0 Å². The first-order valence-corrected chi connectivity index (χ1v) is 9.14. The van der Waals surface area contributed by atoms with Gasteiger partial charge >= 0.3 is 0 Å². The molecule has 1 saturated carbocycles. The van der Waals surface area contributed by atoms with Crippen LogP contribution in [0.25, 0.3) is 0 Å². The Balaban J connectivity index is 2.01. The Bertz CT molecular complexity index is 624. The lowest BCUT2D eigenvalue weighted by molar-refractivity contribution is -0.123. The normalized spacial score (nSPS) is 15.9. The topological polar surface area (TPSA) is 72.5 Å². The molecular formula is C14H18ClNO4S. The Morgan fingerprint density at radius 1 is 1.38 bits per heavy atom. The number of amides is 1. The number of carbonyl (C=O) groups excluding carboxylic acids is 1. The number of nitrogens with one attached hydrogen (secondary N) is 1. The molecule has 2 rings (SSSR count). The molecule has 7 heteroatoms. The zero-order valence-electron chi connectivity index (χ0n) is 11.8. The molecule has 0 aliphatic heterocycles. The fourth-order valence-electron chi connectivity index (χ4n) is 2.41. The third kappa shape index (κ3) is 4.61. The second-order valence-corrected chi connectivity index (χ2v) is 7.76. The van der Waals surface area contributed by atoms with E-state index >= 15 is 0 Å². The molecule has 0 unspecified atom stereocenters. The second-order valence-electron chi connectivity index (χ2n) is 5.23. The molecule has 0 aromatic heterocycles. The van der Waals surface area contributed by atoms with E-state index in [1.807, 2.05) is 0 Å². The molecule has 116 valence electrons. The minimum atomic E-state index is -3.91. The summed E-state index contributed by atoms with van der Waals surface area (Å²) in [4.78, 5) is 11.7. The van der Waals surface area contributed by atoms with Crippen molar-refractivity contribution in [2.75, 3.05) is 6.61 Å². The Labute approximate surface area is 129 Å². The van der Waals surface area contributed by atoms with Crippen molar-refractivity contribution < 1.29 is 17.9 Å². The van der Waals surface area contributed by atoms with Crippen LogP contribution >= 0.6 is 10.7 Å². The van der Waals surface area contributed by atoms with Crippen molar-refractivity contribution >= 4 is 25.6 Å². The maximum absolute atomic E-state index is 11.8. The Hall–Kier alpha value is -1.27. The van der Waals surface area contributed by atoms with E-state index in [0.29, 0.717) is 0 Å². The summed E-state index contributed by atoms with van der Waals surface area (Å²) in [6.45, 7) is 1.53. The Kier molecular flexibility index (Phi) is 5.11. The van der Waals surface area contributed by atoms with Crippen LogP contribution in [0.5, 0.6) is 5.75 Å². The average Bonchev–Trinajstić information content (AvgIpc) is 2.89. The van der Waals surface area contributed by atoms with Gasteiger partial charge in [0.05, 0.1) is 0 Å². The fraction of sp³-hybridized carbons (Fsp3) is 0.500. The lowest BCUT2D eigenvalue weighted by atomic mass is 10.2. The van der Waals surface area contributed by atoms with E-state index in [4.69, 9.17) is 15.4 Å². The summed E-state index contributed by atoms with van der Waals surface area (Å²) < 4.78 is 28.3. The van der Waals surface area contributed by atoms with Crippen LogP contribution in [0, 0.1) is 6.92 Å². The molecule has 0 saturated heterocycles. The molecule has 0 heterocycles. The molecule has 0 spiro atoms. The first kappa shape index (κ1) is 16.1. The summed E-state index contributed by atoms with van der Waals surface area (Å²) in [7, 11) is 1.47. The minimum Gasteiger partial charge on any atom is -0.482 e. The molecule has 1 aliphatic rings. The SMILES string of the molecule is Cc1ccc(OCC(=O)NC2CCCC2)c(S(=O)(=O)Cl)c1. The zero-order chi connectivity index (χ0) is 15.5. The lowest BCUT2D eigenvalue weighted by Gasteiger charge is -2.13. The maximum Gasteiger partial charge on any atom is 0.264 e. The Morgan fingerprint density at radius 2 is 2.05 bits per heavy atom. The molecule has 1 aromatic carbocycles. The third-order valence-electron chi connectivity index (χ3n) is 3.44. The van der Waals surface area contributed by atoms with Gasteiger partial charge in [-0.25, -0.2) is 8.42 Å². The number of rotatable bonds is 5. The van der Waals surface area contributed by atoms with Crippen LogP contribution in [0.3, 0.4) is 0 Å². The number of carbonyl (C=O) groups is 1. The van der Waals surface area contributed by atoms with Gasteiger partial charge < -0.3 is 10.1 Å². The van der Waals surface area contributed by atoms with E-state index in [2.05, 4.69) is 5.32 Å². The van der Waals surface area contributed by atoms with Crippen molar-refractivity contribution in [3.05, 3.63) is 23.8 Å². The molecule has 0 radical (unpaired) electrons. The van der Waals surface area contributed by atoms with Crippen molar-refractivity contribution in [3.8, 4) is 5.75 Å². The van der Waals surface area contributed by atoms with E-state index < -0.39 is 9.05 Å². The molecule has 1 fully saturated rings. The molecule has 5 nitrogen and oxygen atoms in total. The summed E-state index contributed by atoms with van der Waals surface area (Å²) in [6.07, 6.45) is 4.21. The minimum absolute atomic E-state index is 0.0946. The Morgan fingerprint density at radius 3 is 2.67 bits per heavy atom. The number of halogens is 1. The van der Waals surface area contributed by atoms with Gasteiger partial charge in [0.25, 0.3) is 15.0 Å². The predicted molar refractivity (Wildman–Crippen MR) is 80.1 cm³/mol. The quantitative estimate of drug-likeness (QED) is 0.841. The third-order valence-corrected chi connectivity index (χ3v) is 4.78. The van der Waals surface area contributed by atoms with Crippen molar-refractivity contribution in [3.63, 3.8) is 0 Å². The van der Waals surface area contributed by atoms with Gasteiger partial charge in [0, 0.05) is 16.7 Å². The standard InChI is InChI=1S/C14H18ClNO4S/c1-10-6-7-12(13(8-10)21(15,18)19)20-9-14(17)16-11-4-2-3-5-11/h6-8,11H,2-5,9H2,1H3,(H,16,17). The smallest absolute Gasteiger partial charge is 0.264 e. The monoisotopic (exact) mass is 331 g/mol. The van der Waals surface area contributed by atoms with Crippen molar-refractivity contribution in [1.29, 1.82) is 0 Å². The highest BCUT2D eigenvalue weighted by Gasteiger charge is 2.20. The van der Waals surface area contributed by atoms with Crippen molar-refractivity contribution in [2.45, 2.75) is 43.5 Å². The number of ether oxygens (including phenoxy) is 1. The van der Waals surface area contributed by atoms with Gasteiger partial charge in [0.1, 0.15) is 10.6 Å². The van der Waals surface area contributed by atoms with Gasteiger partial charge in [-0.1, -0.05) is 18.9 Å². The summed E-state index contributed by atoms with van der Waals surface area (Å²) in [5.74, 6) is -0.155. The molecule has 1 aliphatic carbocycles. The van der Waals surface area contributed by atoms with E-state index in [1.165, 1.54) is 12.1 Å². The van der Waals surface area contributed by atoms with E-state index in [9.17, 15) is 13.2 Å². The molecule has 0 atom stereocenters. The fourth-order valence-corrected chi connectivity index (χ4v) is 3.46. The zero-order valence-corrected chi connectivity index (χ0v) is 13.3. The van der Waals surface area contributed by atoms with Crippen LogP contribution in [-0.2, 0) is 13.8 Å². The van der Waals surface area contributed by atoms with Crippen molar-refractivity contribution in [2.24, 2.45) is 0 Å². The molecular weight excluding hydrogens is 314 g/mol. The maximum atomic E-state index is 11.8. The van der Waals surface area contributed by atoms with E-state index in [0.717, 1.165) is 31.2 Å². The summed E-state index contributed by atoms with van der Waals surface area (Å²) in [6, 6.07) is 4.84. The molecule has 1 amide bonds. The lowest BCUT2D eigenvalue weighted by Crippen LogP contribution is -2.36. The van der Waals surface area contributed by atoms with Gasteiger partial charge in [0.2, 0.25) is 0 Å². The van der Waals surface area contributed by atoms with Crippen LogP contribution in [-0.4, -0.2) is 27.0 Å². The van der Waals surface area contributed by atoms with Gasteiger partial charge in [-0.2, -0.15) is 0 Å². The summed E-state index contributed by atoms with van der Waals surface area (Å²) in [5.41, 5.74) is 0.747. The largest absolute Gasteiger partial charge is 0.482 e. The summed E-state index contributed by atoms with van der Waals surface area (Å²) in [5, 5.41) is 2.87.